The summed E-state index contributed by atoms with van der Waals surface area (Å²) >= 11 is 0. The first kappa shape index (κ1) is 15.8. The number of methoxy groups -OCH3 is 1. The van der Waals surface area contributed by atoms with E-state index in [2.05, 4.69) is 6.92 Å². The molecule has 0 radical (unpaired) electrons. The van der Waals surface area contributed by atoms with E-state index in [4.69, 9.17) is 9.47 Å². The Labute approximate surface area is 129 Å². The highest BCUT2D eigenvalue weighted by molar-refractivity contribution is 5.91. The Morgan fingerprint density at radius 3 is 2.41 bits per heavy atom. The summed E-state index contributed by atoms with van der Waals surface area (Å²) in [5.74, 6) is 0.153. The molecular formula is C18H18O4. The average Bonchev–Trinajstić information content (AvgIpc) is 2.55. The van der Waals surface area contributed by atoms with Crippen LogP contribution in [0.1, 0.15) is 39.6 Å². The van der Waals surface area contributed by atoms with Crippen molar-refractivity contribution in [1.82, 2.24) is 0 Å². The molecule has 0 saturated heterocycles. The lowest BCUT2D eigenvalue weighted by Crippen LogP contribution is -2.09. The van der Waals surface area contributed by atoms with E-state index in [1.165, 1.54) is 18.7 Å². The van der Waals surface area contributed by atoms with Crippen LogP contribution in [0.2, 0.25) is 0 Å². The van der Waals surface area contributed by atoms with Crippen molar-refractivity contribution in [1.29, 1.82) is 0 Å². The first-order chi connectivity index (χ1) is 10.7. The van der Waals surface area contributed by atoms with Crippen LogP contribution < -0.4 is 9.47 Å². The highest BCUT2D eigenvalue weighted by atomic mass is 16.6. The normalized spacial score (nSPS) is 10.1. The second-order valence-electron chi connectivity index (χ2n) is 4.86. The second kappa shape index (κ2) is 7.41. The Bertz CT molecular complexity index is 659. The van der Waals surface area contributed by atoms with E-state index in [-0.39, 0.29) is 5.75 Å². The van der Waals surface area contributed by atoms with Crippen LogP contribution in [0.3, 0.4) is 0 Å². The molecular weight excluding hydrogens is 280 g/mol. The number of rotatable bonds is 6. The van der Waals surface area contributed by atoms with Crippen molar-refractivity contribution in [2.24, 2.45) is 0 Å². The van der Waals surface area contributed by atoms with Crippen molar-refractivity contribution in [2.75, 3.05) is 7.11 Å². The van der Waals surface area contributed by atoms with Gasteiger partial charge in [0.2, 0.25) is 0 Å². The first-order valence-electron chi connectivity index (χ1n) is 7.12. The standard InChI is InChI=1S/C18H18O4/c1-3-4-13-5-8-15(9-6-13)18(20)22-17-11-14(12-19)7-10-16(17)21-2/h5-12H,3-4H2,1-2H3. The molecule has 0 aliphatic rings. The lowest BCUT2D eigenvalue weighted by Gasteiger charge is -2.10. The lowest BCUT2D eigenvalue weighted by molar-refractivity contribution is 0.0729. The van der Waals surface area contributed by atoms with Crippen LogP contribution in [-0.2, 0) is 6.42 Å². The van der Waals surface area contributed by atoms with Gasteiger partial charge in [0.15, 0.2) is 11.5 Å². The Balaban J connectivity index is 2.19. The van der Waals surface area contributed by atoms with Gasteiger partial charge in [-0.1, -0.05) is 25.5 Å². The number of ether oxygens (including phenoxy) is 2. The zero-order valence-electron chi connectivity index (χ0n) is 12.7. The summed E-state index contributed by atoms with van der Waals surface area (Å²) in [7, 11) is 1.48. The number of hydrogen-bond donors (Lipinski definition) is 0. The molecule has 2 aromatic carbocycles. The summed E-state index contributed by atoms with van der Waals surface area (Å²) in [5, 5.41) is 0. The van der Waals surface area contributed by atoms with Gasteiger partial charge < -0.3 is 9.47 Å². The van der Waals surface area contributed by atoms with Crippen LogP contribution in [0.15, 0.2) is 42.5 Å². The van der Waals surface area contributed by atoms with Crippen LogP contribution >= 0.6 is 0 Å². The zero-order chi connectivity index (χ0) is 15.9. The molecule has 0 saturated carbocycles. The highest BCUT2D eigenvalue weighted by Crippen LogP contribution is 2.28. The molecule has 0 aliphatic heterocycles. The van der Waals surface area contributed by atoms with E-state index in [1.807, 2.05) is 12.1 Å². The summed E-state index contributed by atoms with van der Waals surface area (Å²) < 4.78 is 10.5. The molecule has 0 aromatic heterocycles. The lowest BCUT2D eigenvalue weighted by atomic mass is 10.1. The van der Waals surface area contributed by atoms with Gasteiger partial charge in [-0.3, -0.25) is 4.79 Å². The number of esters is 1. The molecule has 0 amide bonds. The number of aldehydes is 1. The molecule has 0 N–H and O–H groups in total. The molecule has 0 unspecified atom stereocenters. The van der Waals surface area contributed by atoms with Gasteiger partial charge in [0.05, 0.1) is 12.7 Å². The van der Waals surface area contributed by atoms with E-state index in [0.29, 0.717) is 23.2 Å². The molecule has 4 heteroatoms. The second-order valence-corrected chi connectivity index (χ2v) is 4.86. The minimum absolute atomic E-state index is 0.231. The first-order valence-corrected chi connectivity index (χ1v) is 7.12. The fourth-order valence-electron chi connectivity index (χ4n) is 2.10. The SMILES string of the molecule is CCCc1ccc(C(=O)Oc2cc(C=O)ccc2OC)cc1. The average molecular weight is 298 g/mol. The maximum atomic E-state index is 12.2. The van der Waals surface area contributed by atoms with Gasteiger partial charge in [0.25, 0.3) is 0 Å². The molecule has 22 heavy (non-hydrogen) atoms. The third-order valence-corrected chi connectivity index (χ3v) is 3.25. The highest BCUT2D eigenvalue weighted by Gasteiger charge is 2.13. The largest absolute Gasteiger partial charge is 0.493 e. The Hall–Kier alpha value is -2.62. The van der Waals surface area contributed by atoms with Gasteiger partial charge in [-0.25, -0.2) is 4.79 Å². The van der Waals surface area contributed by atoms with Gasteiger partial charge in [0.1, 0.15) is 6.29 Å². The maximum absolute atomic E-state index is 12.2. The maximum Gasteiger partial charge on any atom is 0.343 e. The third kappa shape index (κ3) is 3.73. The van der Waals surface area contributed by atoms with Crippen molar-refractivity contribution in [3.05, 3.63) is 59.2 Å². The van der Waals surface area contributed by atoms with Crippen molar-refractivity contribution in [3.8, 4) is 11.5 Å². The quantitative estimate of drug-likeness (QED) is 0.464. The van der Waals surface area contributed by atoms with Gasteiger partial charge in [0, 0.05) is 5.56 Å². The fraction of sp³-hybridized carbons (Fsp3) is 0.222. The van der Waals surface area contributed by atoms with Crippen LogP contribution in [-0.4, -0.2) is 19.4 Å². The number of carbonyl (C=O) groups is 2. The van der Waals surface area contributed by atoms with Gasteiger partial charge in [-0.05, 0) is 42.3 Å². The molecule has 2 rings (SSSR count). The number of hydrogen-bond acceptors (Lipinski definition) is 4. The Morgan fingerprint density at radius 2 is 1.82 bits per heavy atom. The van der Waals surface area contributed by atoms with Crippen molar-refractivity contribution < 1.29 is 19.1 Å². The van der Waals surface area contributed by atoms with Crippen LogP contribution in [0.5, 0.6) is 11.5 Å². The van der Waals surface area contributed by atoms with E-state index < -0.39 is 5.97 Å². The molecule has 0 bridgehead atoms. The monoisotopic (exact) mass is 298 g/mol. The fourth-order valence-corrected chi connectivity index (χ4v) is 2.10. The molecule has 0 fully saturated rings. The minimum Gasteiger partial charge on any atom is -0.493 e. The summed E-state index contributed by atoms with van der Waals surface area (Å²) in [6.07, 6.45) is 2.72. The minimum atomic E-state index is -0.482. The summed E-state index contributed by atoms with van der Waals surface area (Å²) in [6, 6.07) is 12.0. The topological polar surface area (TPSA) is 52.6 Å². The molecule has 114 valence electrons. The van der Waals surface area contributed by atoms with Gasteiger partial charge in [-0.2, -0.15) is 0 Å². The van der Waals surface area contributed by atoms with Crippen molar-refractivity contribution >= 4 is 12.3 Å². The molecule has 0 heterocycles. The summed E-state index contributed by atoms with van der Waals surface area (Å²) in [6.45, 7) is 2.11. The number of carbonyl (C=O) groups excluding carboxylic acids is 2. The van der Waals surface area contributed by atoms with Crippen LogP contribution in [0.4, 0.5) is 0 Å². The Kier molecular flexibility index (Phi) is 5.31. The van der Waals surface area contributed by atoms with Crippen molar-refractivity contribution in [2.45, 2.75) is 19.8 Å². The molecule has 0 aliphatic carbocycles. The summed E-state index contributed by atoms with van der Waals surface area (Å²) in [5.41, 5.74) is 2.06. The number of benzene rings is 2. The van der Waals surface area contributed by atoms with Crippen molar-refractivity contribution in [3.63, 3.8) is 0 Å². The van der Waals surface area contributed by atoms with Crippen LogP contribution in [0.25, 0.3) is 0 Å². The third-order valence-electron chi connectivity index (χ3n) is 3.25. The summed E-state index contributed by atoms with van der Waals surface area (Å²) in [4.78, 5) is 23.0. The van der Waals surface area contributed by atoms with E-state index >= 15 is 0 Å². The van der Waals surface area contributed by atoms with Gasteiger partial charge in [-0.15, -0.1) is 0 Å². The van der Waals surface area contributed by atoms with E-state index in [0.717, 1.165) is 12.8 Å². The van der Waals surface area contributed by atoms with Crippen LogP contribution in [0, 0.1) is 0 Å². The number of aryl methyl sites for hydroxylation is 1. The molecule has 4 nitrogen and oxygen atoms in total. The molecule has 2 aromatic rings. The zero-order valence-corrected chi connectivity index (χ0v) is 12.7. The smallest absolute Gasteiger partial charge is 0.343 e. The molecule has 0 spiro atoms. The predicted molar refractivity (Wildman–Crippen MR) is 83.8 cm³/mol. The molecule has 0 atom stereocenters. The van der Waals surface area contributed by atoms with E-state index in [9.17, 15) is 9.59 Å². The van der Waals surface area contributed by atoms with Gasteiger partial charge >= 0.3 is 5.97 Å². The predicted octanol–water partition coefficient (Wildman–Crippen LogP) is 3.68. The Morgan fingerprint density at radius 1 is 1.09 bits per heavy atom. The van der Waals surface area contributed by atoms with E-state index in [1.54, 1.807) is 24.3 Å².